The van der Waals surface area contributed by atoms with Crippen molar-refractivity contribution in [2.45, 2.75) is 6.61 Å². The van der Waals surface area contributed by atoms with E-state index in [0.717, 1.165) is 25.4 Å². The van der Waals surface area contributed by atoms with E-state index >= 15 is 0 Å². The molecule has 0 aliphatic carbocycles. The second kappa shape index (κ2) is 7.29. The third kappa shape index (κ3) is 3.78. The highest BCUT2D eigenvalue weighted by Gasteiger charge is 2.18. The number of piperazine rings is 1. The topological polar surface area (TPSA) is 24.9 Å². The van der Waals surface area contributed by atoms with Crippen LogP contribution in [-0.2, 0) is 11.4 Å². The molecule has 0 spiro atoms. The zero-order valence-corrected chi connectivity index (χ0v) is 12.8. The monoisotopic (exact) mass is 297 g/mol. The van der Waals surface area contributed by atoms with E-state index in [9.17, 15) is 0 Å². The van der Waals surface area contributed by atoms with Crippen molar-refractivity contribution in [1.29, 1.82) is 0 Å². The molecule has 2 aromatic carbocycles. The van der Waals surface area contributed by atoms with E-state index in [1.807, 2.05) is 35.4 Å². The number of ether oxygens (including phenoxy) is 1. The van der Waals surface area contributed by atoms with Crippen molar-refractivity contribution in [1.82, 2.24) is 5.06 Å². The van der Waals surface area contributed by atoms with Gasteiger partial charge < -0.3 is 9.64 Å². The maximum absolute atomic E-state index is 5.82. The van der Waals surface area contributed by atoms with Gasteiger partial charge in [0.25, 0.3) is 0 Å². The van der Waals surface area contributed by atoms with Crippen molar-refractivity contribution in [2.75, 3.05) is 31.6 Å². The summed E-state index contributed by atoms with van der Waals surface area (Å²) in [5.74, 6) is 0.887. The number of nitrogens with zero attached hydrogens (tertiary/aromatic N) is 2. The molecule has 0 unspecified atom stereocenters. The maximum Gasteiger partial charge on any atom is 0.119 e. The van der Waals surface area contributed by atoms with Gasteiger partial charge in [-0.15, -0.1) is 0 Å². The molecule has 22 heavy (non-hydrogen) atoms. The number of benzene rings is 2. The lowest BCUT2D eigenvalue weighted by molar-refractivity contribution is -0.150. The first-order valence-electron chi connectivity index (χ1n) is 7.51. The molecule has 1 fully saturated rings. The smallest absolute Gasteiger partial charge is 0.119 e. The van der Waals surface area contributed by atoms with Gasteiger partial charge in [0.05, 0.1) is 20.3 Å². The summed E-state index contributed by atoms with van der Waals surface area (Å²) in [4.78, 5) is 8.14. The molecule has 4 nitrogen and oxygen atoms in total. The van der Waals surface area contributed by atoms with Gasteiger partial charge in [-0.25, -0.2) is 0 Å². The molecule has 2 aromatic rings. The lowest BCUT2D eigenvalue weighted by Gasteiger charge is -2.35. The van der Waals surface area contributed by atoms with Crippen molar-refractivity contribution in [2.24, 2.45) is 0 Å². The minimum absolute atomic E-state index is 0.611. The molecule has 4 heteroatoms. The second-order valence-corrected chi connectivity index (χ2v) is 5.23. The van der Waals surface area contributed by atoms with Crippen LogP contribution in [0.1, 0.15) is 5.56 Å². The van der Waals surface area contributed by atoms with E-state index in [1.165, 1.54) is 11.3 Å². The molecule has 115 valence electrons. The highest BCUT2D eigenvalue weighted by Crippen LogP contribution is 2.21. The number of anilines is 1. The molecular weight excluding hydrogens is 276 g/mol. The van der Waals surface area contributed by atoms with E-state index in [4.69, 9.17) is 9.57 Å². The van der Waals surface area contributed by atoms with E-state index in [0.29, 0.717) is 6.61 Å². The molecule has 1 aliphatic rings. The molecule has 1 radical (unpaired) electrons. The maximum atomic E-state index is 5.82. The fourth-order valence-electron chi connectivity index (χ4n) is 2.47. The molecule has 0 amide bonds. The van der Waals surface area contributed by atoms with Gasteiger partial charge in [0.1, 0.15) is 5.75 Å². The zero-order valence-electron chi connectivity index (χ0n) is 12.8. The second-order valence-electron chi connectivity index (χ2n) is 5.23. The first-order valence-corrected chi connectivity index (χ1v) is 7.51. The Bertz CT molecular complexity index is 563. The third-order valence-electron chi connectivity index (χ3n) is 3.77. The Labute approximate surface area is 131 Å². The fraction of sp³-hybridized carbons (Fsp3) is 0.278. The first-order chi connectivity index (χ1) is 10.8. The molecule has 1 aliphatic heterocycles. The summed E-state index contributed by atoms with van der Waals surface area (Å²) in [6.07, 6.45) is 0. The molecular formula is C18H21N2O2. The molecule has 0 aromatic heterocycles. The minimum Gasteiger partial charge on any atom is -0.497 e. The molecule has 1 saturated heterocycles. The van der Waals surface area contributed by atoms with Crippen LogP contribution in [-0.4, -0.2) is 31.8 Å². The Morgan fingerprint density at radius 3 is 2.36 bits per heavy atom. The summed E-state index contributed by atoms with van der Waals surface area (Å²) in [6.45, 7) is 5.36. The summed E-state index contributed by atoms with van der Waals surface area (Å²) in [5, 5.41) is 1.94. The van der Waals surface area contributed by atoms with Gasteiger partial charge in [-0.1, -0.05) is 30.3 Å². The quantitative estimate of drug-likeness (QED) is 0.846. The Hall–Kier alpha value is -2.04. The predicted molar refractivity (Wildman–Crippen MR) is 87.4 cm³/mol. The Morgan fingerprint density at radius 2 is 1.73 bits per heavy atom. The van der Waals surface area contributed by atoms with Crippen LogP contribution < -0.4 is 9.64 Å². The number of rotatable bonds is 5. The zero-order chi connectivity index (χ0) is 15.2. The molecule has 0 atom stereocenters. The van der Waals surface area contributed by atoms with Crippen molar-refractivity contribution in [3.05, 3.63) is 66.7 Å². The molecule has 0 bridgehead atoms. The summed E-state index contributed by atoms with van der Waals surface area (Å²) in [5.41, 5.74) is 2.40. The van der Waals surface area contributed by atoms with Crippen molar-refractivity contribution < 1.29 is 9.57 Å². The van der Waals surface area contributed by atoms with Crippen LogP contribution in [0.2, 0.25) is 0 Å². The van der Waals surface area contributed by atoms with E-state index in [2.05, 4.69) is 35.7 Å². The van der Waals surface area contributed by atoms with Gasteiger partial charge in [0.2, 0.25) is 0 Å². The normalized spacial score (nSPS) is 15.8. The van der Waals surface area contributed by atoms with Gasteiger partial charge in [0, 0.05) is 25.3 Å². The number of hydroxylamine groups is 2. The van der Waals surface area contributed by atoms with E-state index in [1.54, 1.807) is 7.11 Å². The molecule has 0 N–H and O–H groups in total. The molecule has 3 rings (SSSR count). The van der Waals surface area contributed by atoms with E-state index in [-0.39, 0.29) is 0 Å². The lowest BCUT2D eigenvalue weighted by Crippen LogP contribution is -2.43. The predicted octanol–water partition coefficient (Wildman–Crippen LogP) is 3.11. The molecule has 0 saturated carbocycles. The SMILES string of the molecule is COc1ccc(N2C[CH]N(OCc3ccccc3)CC2)cc1. The highest BCUT2D eigenvalue weighted by molar-refractivity contribution is 5.49. The van der Waals surface area contributed by atoms with Crippen LogP contribution in [0.15, 0.2) is 54.6 Å². The Kier molecular flexibility index (Phi) is 4.93. The fourth-order valence-corrected chi connectivity index (χ4v) is 2.47. The lowest BCUT2D eigenvalue weighted by atomic mass is 10.2. The van der Waals surface area contributed by atoms with Gasteiger partial charge in [-0.2, -0.15) is 5.06 Å². The Balaban J connectivity index is 1.47. The average molecular weight is 297 g/mol. The summed E-state index contributed by atoms with van der Waals surface area (Å²) < 4.78 is 5.19. The van der Waals surface area contributed by atoms with Crippen LogP contribution in [0.25, 0.3) is 0 Å². The van der Waals surface area contributed by atoms with Gasteiger partial charge >= 0.3 is 0 Å². The average Bonchev–Trinajstić information content (AvgIpc) is 2.61. The number of hydrogen-bond acceptors (Lipinski definition) is 4. The van der Waals surface area contributed by atoms with Crippen molar-refractivity contribution in [3.8, 4) is 5.75 Å². The largest absolute Gasteiger partial charge is 0.497 e. The van der Waals surface area contributed by atoms with Crippen LogP contribution in [0, 0.1) is 6.54 Å². The van der Waals surface area contributed by atoms with E-state index < -0.39 is 0 Å². The third-order valence-corrected chi connectivity index (χ3v) is 3.77. The van der Waals surface area contributed by atoms with Crippen LogP contribution in [0.5, 0.6) is 5.75 Å². The number of hydrogen-bond donors (Lipinski definition) is 0. The van der Waals surface area contributed by atoms with Gasteiger partial charge in [0.15, 0.2) is 0 Å². The highest BCUT2D eigenvalue weighted by atomic mass is 16.7. The van der Waals surface area contributed by atoms with Crippen LogP contribution >= 0.6 is 0 Å². The van der Waals surface area contributed by atoms with Gasteiger partial charge in [-0.3, -0.25) is 4.84 Å². The van der Waals surface area contributed by atoms with Crippen molar-refractivity contribution >= 4 is 5.69 Å². The number of methoxy groups -OCH3 is 1. The van der Waals surface area contributed by atoms with Crippen LogP contribution in [0.3, 0.4) is 0 Å². The summed E-state index contributed by atoms with van der Waals surface area (Å²) in [7, 11) is 1.69. The molecule has 1 heterocycles. The van der Waals surface area contributed by atoms with Crippen molar-refractivity contribution in [3.63, 3.8) is 0 Å². The first kappa shape index (κ1) is 14.9. The summed E-state index contributed by atoms with van der Waals surface area (Å²) in [6, 6.07) is 18.4. The van der Waals surface area contributed by atoms with Gasteiger partial charge in [-0.05, 0) is 29.8 Å². The minimum atomic E-state index is 0.611. The summed E-state index contributed by atoms with van der Waals surface area (Å²) >= 11 is 0. The Morgan fingerprint density at radius 1 is 0.955 bits per heavy atom. The standard InChI is InChI=1S/C18H21N2O2/c1-21-18-9-7-17(8-10-18)19-11-13-20(14-12-19)22-15-16-5-3-2-4-6-16/h2-10,13H,11-12,14-15H2,1H3. The van der Waals surface area contributed by atoms with Crippen LogP contribution in [0.4, 0.5) is 5.69 Å².